The Hall–Kier alpha value is -3.39. The molecule has 4 rings (SSSR count). The molecule has 45 heavy (non-hydrogen) atoms. The van der Waals surface area contributed by atoms with Crippen LogP contribution in [0.4, 0.5) is 5.69 Å². The first-order valence-corrected chi connectivity index (χ1v) is 17.2. The highest BCUT2D eigenvalue weighted by atomic mass is 35.5. The zero-order chi connectivity index (χ0) is 32.2. The van der Waals surface area contributed by atoms with Gasteiger partial charge < -0.3 is 4.74 Å². The van der Waals surface area contributed by atoms with E-state index in [1.165, 1.54) is 94.7 Å². The second kappa shape index (κ2) is 16.8. The molecule has 2 heterocycles. The predicted molar refractivity (Wildman–Crippen MR) is 183 cm³/mol. The maximum Gasteiger partial charge on any atom is 0.269 e. The molecule has 0 unspecified atom stereocenters. The summed E-state index contributed by atoms with van der Waals surface area (Å²) < 4.78 is 7.73. The number of H-pyrrole nitrogens is 1. The maximum atomic E-state index is 11.6. The fourth-order valence-corrected chi connectivity index (χ4v) is 6.19. The molecule has 0 saturated carbocycles. The van der Waals surface area contributed by atoms with Crippen LogP contribution in [0.2, 0.25) is 5.02 Å². The first-order valence-electron chi connectivity index (χ1n) is 16.8. The fourth-order valence-electron chi connectivity index (χ4n) is 5.74. The molecule has 1 N–H and O–H groups in total. The van der Waals surface area contributed by atoms with E-state index in [2.05, 4.69) is 55.0 Å². The average Bonchev–Trinajstić information content (AvgIpc) is 3.57. The summed E-state index contributed by atoms with van der Waals surface area (Å²) in [5.74, 6) is 1.16. The number of fused-ring (bicyclic) bond motifs is 1. The molecule has 0 spiro atoms. The lowest BCUT2D eigenvalue weighted by Gasteiger charge is -2.16. The van der Waals surface area contributed by atoms with Crippen LogP contribution in [-0.2, 0) is 18.4 Å². The van der Waals surface area contributed by atoms with E-state index in [4.69, 9.17) is 16.3 Å². The summed E-state index contributed by atoms with van der Waals surface area (Å²) in [6, 6.07) is 12.8. The molecular weight excluding hydrogens is 586 g/mol. The van der Waals surface area contributed by atoms with Crippen molar-refractivity contribution in [3.8, 4) is 17.1 Å². The standard InChI is InChI=1S/C36H50ClN5O3/c1-5-6-7-8-9-10-11-12-13-14-15-16-17-19-27-20-18-21-30(24-27)45-26-28-25-29(42(43)44)22-23-31(28)34-38-35-32(37)33(36(2,3)4)39-41(35)40-34/h18,20-25,39H,5-17,19,26H2,1-4H3. The Balaban J connectivity index is 1.29. The molecule has 0 aliphatic heterocycles. The summed E-state index contributed by atoms with van der Waals surface area (Å²) in [4.78, 5) is 15.8. The van der Waals surface area contributed by atoms with Crippen molar-refractivity contribution in [3.05, 3.63) is 74.4 Å². The normalized spacial score (nSPS) is 11.8. The Bertz CT molecular complexity index is 1520. The van der Waals surface area contributed by atoms with E-state index in [1.54, 1.807) is 10.7 Å². The molecule has 2 aromatic carbocycles. The average molecular weight is 636 g/mol. The molecule has 0 radical (unpaired) electrons. The molecule has 0 aliphatic rings. The SMILES string of the molecule is CCCCCCCCCCCCCCCc1cccc(OCc2cc([N+](=O)[O-])ccc2-c2nc3c(Cl)c(C(C)(C)C)[nH]n3n2)c1. The molecule has 0 aliphatic carbocycles. The second-order valence-electron chi connectivity index (χ2n) is 13.2. The molecule has 2 aromatic heterocycles. The molecule has 4 aromatic rings. The number of nitro groups is 1. The monoisotopic (exact) mass is 635 g/mol. The quantitative estimate of drug-likeness (QED) is 0.0627. The van der Waals surface area contributed by atoms with Crippen LogP contribution in [0.1, 0.15) is 128 Å². The summed E-state index contributed by atoms with van der Waals surface area (Å²) in [6.07, 6.45) is 18.5. The second-order valence-corrected chi connectivity index (χ2v) is 13.6. The van der Waals surface area contributed by atoms with Crippen LogP contribution in [0.25, 0.3) is 17.0 Å². The van der Waals surface area contributed by atoms with Gasteiger partial charge in [-0.2, -0.15) is 4.63 Å². The van der Waals surface area contributed by atoms with Crippen LogP contribution in [0.15, 0.2) is 42.5 Å². The zero-order valence-corrected chi connectivity index (χ0v) is 28.3. The minimum Gasteiger partial charge on any atom is -0.489 e. The lowest BCUT2D eigenvalue weighted by atomic mass is 9.92. The van der Waals surface area contributed by atoms with Gasteiger partial charge in [0.15, 0.2) is 11.5 Å². The number of halogens is 1. The van der Waals surface area contributed by atoms with E-state index >= 15 is 0 Å². The van der Waals surface area contributed by atoms with Gasteiger partial charge in [0.05, 0.1) is 10.6 Å². The molecule has 0 amide bonds. The van der Waals surface area contributed by atoms with Gasteiger partial charge in [0.25, 0.3) is 5.69 Å². The molecule has 0 bridgehead atoms. The van der Waals surface area contributed by atoms with Crippen LogP contribution in [0.3, 0.4) is 0 Å². The Morgan fingerprint density at radius 1 is 0.911 bits per heavy atom. The lowest BCUT2D eigenvalue weighted by Crippen LogP contribution is -2.13. The van der Waals surface area contributed by atoms with Crippen molar-refractivity contribution in [1.82, 2.24) is 19.8 Å². The van der Waals surface area contributed by atoms with Crippen molar-refractivity contribution in [1.29, 1.82) is 0 Å². The van der Waals surface area contributed by atoms with Crippen molar-refractivity contribution < 1.29 is 9.66 Å². The van der Waals surface area contributed by atoms with E-state index in [0.29, 0.717) is 27.6 Å². The van der Waals surface area contributed by atoms with Gasteiger partial charge in [0.2, 0.25) is 0 Å². The molecular formula is C36H50ClN5O3. The number of aromatic amines is 1. The molecule has 9 heteroatoms. The topological polar surface area (TPSA) is 98.4 Å². The number of nitrogens with zero attached hydrogens (tertiary/aromatic N) is 4. The number of rotatable bonds is 19. The van der Waals surface area contributed by atoms with E-state index in [1.807, 2.05) is 12.1 Å². The highest BCUT2D eigenvalue weighted by molar-refractivity contribution is 6.34. The number of unbranched alkanes of at least 4 members (excludes halogenated alkanes) is 12. The fraction of sp³-hybridized carbons (Fsp3) is 0.556. The number of ether oxygens (including phenoxy) is 1. The molecule has 0 fully saturated rings. The van der Waals surface area contributed by atoms with Gasteiger partial charge in [-0.3, -0.25) is 15.2 Å². The Morgan fingerprint density at radius 3 is 2.16 bits per heavy atom. The van der Waals surface area contributed by atoms with Crippen molar-refractivity contribution in [2.45, 2.75) is 130 Å². The molecule has 244 valence electrons. The summed E-state index contributed by atoms with van der Waals surface area (Å²) in [5, 5.41) is 19.9. The van der Waals surface area contributed by atoms with E-state index in [9.17, 15) is 10.1 Å². The van der Waals surface area contributed by atoms with Gasteiger partial charge in [-0.05, 0) is 36.6 Å². The van der Waals surface area contributed by atoms with Gasteiger partial charge in [0.1, 0.15) is 17.4 Å². The highest BCUT2D eigenvalue weighted by Crippen LogP contribution is 2.33. The Labute approximate surface area is 273 Å². The number of aryl methyl sites for hydroxylation is 1. The van der Waals surface area contributed by atoms with E-state index in [-0.39, 0.29) is 17.7 Å². The highest BCUT2D eigenvalue weighted by Gasteiger charge is 2.25. The molecule has 0 saturated heterocycles. The van der Waals surface area contributed by atoms with Gasteiger partial charge >= 0.3 is 0 Å². The largest absolute Gasteiger partial charge is 0.489 e. The minimum absolute atomic E-state index is 0.00803. The van der Waals surface area contributed by atoms with Gasteiger partial charge in [-0.1, -0.05) is 128 Å². The summed E-state index contributed by atoms with van der Waals surface area (Å²) in [6.45, 7) is 8.60. The van der Waals surface area contributed by atoms with Crippen LogP contribution in [-0.4, -0.2) is 24.7 Å². The summed E-state index contributed by atoms with van der Waals surface area (Å²) >= 11 is 6.64. The van der Waals surface area contributed by atoms with Crippen molar-refractivity contribution in [3.63, 3.8) is 0 Å². The molecule has 8 nitrogen and oxygen atoms in total. The first kappa shape index (κ1) is 34.5. The van der Waals surface area contributed by atoms with Crippen molar-refractivity contribution >= 4 is 22.9 Å². The van der Waals surface area contributed by atoms with Crippen LogP contribution in [0.5, 0.6) is 5.75 Å². The maximum absolute atomic E-state index is 11.6. The minimum atomic E-state index is -0.402. The number of hydrogen-bond acceptors (Lipinski definition) is 5. The van der Waals surface area contributed by atoms with Crippen LogP contribution >= 0.6 is 11.6 Å². The smallest absolute Gasteiger partial charge is 0.269 e. The van der Waals surface area contributed by atoms with Crippen LogP contribution < -0.4 is 4.74 Å². The Kier molecular flexibility index (Phi) is 12.9. The number of hydrogen-bond donors (Lipinski definition) is 1. The number of non-ortho nitro benzene ring substituents is 1. The first-order chi connectivity index (χ1) is 21.7. The number of aromatic nitrogens is 4. The molecule has 0 atom stereocenters. The third-order valence-corrected chi connectivity index (χ3v) is 8.75. The van der Waals surface area contributed by atoms with Crippen molar-refractivity contribution in [2.24, 2.45) is 0 Å². The van der Waals surface area contributed by atoms with E-state index in [0.717, 1.165) is 24.3 Å². The van der Waals surface area contributed by atoms with Gasteiger partial charge in [-0.25, -0.2) is 4.98 Å². The third-order valence-electron chi connectivity index (χ3n) is 8.39. The van der Waals surface area contributed by atoms with E-state index < -0.39 is 4.92 Å². The lowest BCUT2D eigenvalue weighted by molar-refractivity contribution is -0.384. The summed E-state index contributed by atoms with van der Waals surface area (Å²) in [7, 11) is 0. The number of nitro benzene ring substituents is 1. The number of benzene rings is 2. The summed E-state index contributed by atoms with van der Waals surface area (Å²) in [5.41, 5.74) is 3.68. The van der Waals surface area contributed by atoms with Gasteiger partial charge in [-0.15, -0.1) is 5.10 Å². The zero-order valence-electron chi connectivity index (χ0n) is 27.5. The van der Waals surface area contributed by atoms with Crippen LogP contribution in [0, 0.1) is 10.1 Å². The predicted octanol–water partition coefficient (Wildman–Crippen LogP) is 10.8. The Morgan fingerprint density at radius 2 is 1.56 bits per heavy atom. The van der Waals surface area contributed by atoms with Crippen molar-refractivity contribution in [2.75, 3.05) is 0 Å². The third kappa shape index (κ3) is 10.1. The number of nitrogens with one attached hydrogen (secondary N) is 1. The van der Waals surface area contributed by atoms with Gasteiger partial charge in [0, 0.05) is 28.7 Å².